The molecule has 8 heteroatoms. The molecular weight excluding hydrogens is 484 g/mol. The number of methoxy groups -OCH3 is 1. The lowest BCUT2D eigenvalue weighted by atomic mass is 9.79. The van der Waals surface area contributed by atoms with Crippen LogP contribution in [0.15, 0.2) is 83.8 Å². The molecule has 0 saturated heterocycles. The minimum atomic E-state index is -4.03. The van der Waals surface area contributed by atoms with Gasteiger partial charge in [0.15, 0.2) is 0 Å². The molecule has 0 fully saturated rings. The topological polar surface area (TPSA) is 75.7 Å². The first kappa shape index (κ1) is 26.6. The van der Waals surface area contributed by atoms with Crippen molar-refractivity contribution in [2.45, 2.75) is 43.5 Å². The maximum atomic E-state index is 13.5. The zero-order valence-corrected chi connectivity index (χ0v) is 21.9. The molecule has 3 rings (SSSR count). The van der Waals surface area contributed by atoms with Crippen LogP contribution in [0.4, 0.5) is 5.69 Å². The number of hydrogen-bond acceptors (Lipinski definition) is 4. The highest BCUT2D eigenvalue weighted by atomic mass is 35.5. The van der Waals surface area contributed by atoms with Crippen molar-refractivity contribution in [1.82, 2.24) is 5.32 Å². The lowest BCUT2D eigenvalue weighted by molar-refractivity contribution is -0.120. The van der Waals surface area contributed by atoms with Crippen LogP contribution in [0, 0.1) is 0 Å². The molecule has 1 atom stereocenters. The molecule has 1 unspecified atom stereocenters. The molecule has 0 heterocycles. The number of nitrogens with zero attached hydrogens (tertiary/aromatic N) is 1. The third kappa shape index (κ3) is 6.55. The number of halogens is 1. The molecular formula is C27H31ClN2O4S. The summed E-state index contributed by atoms with van der Waals surface area (Å²) in [5.74, 6) is 0.00139. The number of ether oxygens (including phenoxy) is 1. The van der Waals surface area contributed by atoms with E-state index < -0.39 is 22.5 Å². The molecule has 0 bridgehead atoms. The predicted octanol–water partition coefficient (Wildman–Crippen LogP) is 5.42. The Hall–Kier alpha value is -3.03. The molecule has 0 aliphatic rings. The van der Waals surface area contributed by atoms with E-state index >= 15 is 0 Å². The Morgan fingerprint density at radius 1 is 1.03 bits per heavy atom. The highest BCUT2D eigenvalue weighted by Gasteiger charge is 2.29. The second kappa shape index (κ2) is 11.1. The molecule has 0 aromatic heterocycles. The molecule has 0 aliphatic carbocycles. The summed E-state index contributed by atoms with van der Waals surface area (Å²) >= 11 is 6.27. The fourth-order valence-electron chi connectivity index (χ4n) is 4.12. The largest absolute Gasteiger partial charge is 0.495 e. The molecule has 35 heavy (non-hydrogen) atoms. The van der Waals surface area contributed by atoms with E-state index in [9.17, 15) is 13.2 Å². The van der Waals surface area contributed by atoms with E-state index in [4.69, 9.17) is 16.3 Å². The number of carbonyl (C=O) groups excluding carboxylic acids is 1. The lowest BCUT2D eigenvalue weighted by Crippen LogP contribution is -2.45. The van der Waals surface area contributed by atoms with Crippen molar-refractivity contribution in [3.63, 3.8) is 0 Å². The SMILES string of the molecule is COc1ccc(N(CC(=O)NC(C)CC(C)(C)c2ccccc2)S(=O)(=O)c2ccccc2)cc1Cl. The second-order valence-corrected chi connectivity index (χ2v) is 11.3. The molecule has 3 aromatic rings. The van der Waals surface area contributed by atoms with Crippen LogP contribution >= 0.6 is 11.6 Å². The molecule has 6 nitrogen and oxygen atoms in total. The number of carbonyl (C=O) groups is 1. The normalized spacial score (nSPS) is 12.6. The van der Waals surface area contributed by atoms with E-state index in [1.54, 1.807) is 30.3 Å². The first-order chi connectivity index (χ1) is 16.5. The Balaban J connectivity index is 1.83. The van der Waals surface area contributed by atoms with Crippen LogP contribution in [0.1, 0.15) is 32.8 Å². The summed E-state index contributed by atoms with van der Waals surface area (Å²) in [6, 6.07) is 22.5. The first-order valence-corrected chi connectivity index (χ1v) is 13.1. The number of anilines is 1. The van der Waals surface area contributed by atoms with Gasteiger partial charge in [0, 0.05) is 6.04 Å². The van der Waals surface area contributed by atoms with Gasteiger partial charge in [-0.05, 0) is 54.7 Å². The Kier molecular flexibility index (Phi) is 8.46. The third-order valence-electron chi connectivity index (χ3n) is 5.82. The summed E-state index contributed by atoms with van der Waals surface area (Å²) in [5, 5.41) is 3.21. The van der Waals surface area contributed by atoms with Gasteiger partial charge < -0.3 is 10.1 Å². The van der Waals surface area contributed by atoms with Crippen LogP contribution in [-0.2, 0) is 20.2 Å². The average Bonchev–Trinajstić information content (AvgIpc) is 2.83. The number of amides is 1. The molecule has 1 N–H and O–H groups in total. The Bertz CT molecular complexity index is 1250. The maximum absolute atomic E-state index is 13.5. The van der Waals surface area contributed by atoms with Crippen LogP contribution in [0.25, 0.3) is 0 Å². The zero-order valence-electron chi connectivity index (χ0n) is 20.4. The van der Waals surface area contributed by atoms with Crippen molar-refractivity contribution in [3.8, 4) is 5.75 Å². The second-order valence-electron chi connectivity index (χ2n) is 9.07. The van der Waals surface area contributed by atoms with Gasteiger partial charge in [0.1, 0.15) is 12.3 Å². The van der Waals surface area contributed by atoms with E-state index in [-0.39, 0.29) is 27.1 Å². The van der Waals surface area contributed by atoms with Crippen molar-refractivity contribution >= 4 is 33.2 Å². The van der Waals surface area contributed by atoms with Gasteiger partial charge in [0.25, 0.3) is 10.0 Å². The number of rotatable bonds is 10. The van der Waals surface area contributed by atoms with Crippen molar-refractivity contribution in [2.75, 3.05) is 18.0 Å². The highest BCUT2D eigenvalue weighted by Crippen LogP contribution is 2.32. The monoisotopic (exact) mass is 514 g/mol. The molecule has 0 radical (unpaired) electrons. The van der Waals surface area contributed by atoms with E-state index in [0.29, 0.717) is 12.2 Å². The summed E-state index contributed by atoms with van der Waals surface area (Å²) in [4.78, 5) is 13.2. The highest BCUT2D eigenvalue weighted by molar-refractivity contribution is 7.92. The molecule has 1 amide bonds. The molecule has 0 saturated carbocycles. The average molecular weight is 515 g/mol. The smallest absolute Gasteiger partial charge is 0.264 e. The van der Waals surface area contributed by atoms with Gasteiger partial charge in [-0.3, -0.25) is 9.10 Å². The van der Waals surface area contributed by atoms with Crippen molar-refractivity contribution in [3.05, 3.63) is 89.4 Å². The number of benzene rings is 3. The van der Waals surface area contributed by atoms with Gasteiger partial charge in [-0.25, -0.2) is 8.42 Å². The standard InChI is InChI=1S/C27H31ClN2O4S/c1-20(18-27(2,3)21-11-7-5-8-12-21)29-26(31)19-30(22-15-16-25(34-4)24(28)17-22)35(32,33)23-13-9-6-10-14-23/h5-17,20H,18-19H2,1-4H3,(H,29,31). The zero-order chi connectivity index (χ0) is 25.6. The number of hydrogen-bond donors (Lipinski definition) is 1. The van der Waals surface area contributed by atoms with Gasteiger partial charge in [-0.1, -0.05) is 74.0 Å². The predicted molar refractivity (Wildman–Crippen MR) is 141 cm³/mol. The van der Waals surface area contributed by atoms with Crippen LogP contribution in [0.2, 0.25) is 5.02 Å². The molecule has 3 aromatic carbocycles. The van der Waals surface area contributed by atoms with Crippen LogP contribution in [0.3, 0.4) is 0 Å². The minimum absolute atomic E-state index is 0.0815. The van der Waals surface area contributed by atoms with Crippen molar-refractivity contribution in [2.24, 2.45) is 0 Å². The fourth-order valence-corrected chi connectivity index (χ4v) is 5.81. The summed E-state index contributed by atoms with van der Waals surface area (Å²) in [6.45, 7) is 5.77. The summed E-state index contributed by atoms with van der Waals surface area (Å²) in [7, 11) is -2.55. The van der Waals surface area contributed by atoms with E-state index in [0.717, 1.165) is 4.31 Å². The molecule has 0 aliphatic heterocycles. The number of nitrogens with one attached hydrogen (secondary N) is 1. The molecule has 0 spiro atoms. The Morgan fingerprint density at radius 2 is 1.63 bits per heavy atom. The first-order valence-electron chi connectivity index (χ1n) is 11.3. The Morgan fingerprint density at radius 3 is 2.20 bits per heavy atom. The van der Waals surface area contributed by atoms with Crippen molar-refractivity contribution < 1.29 is 17.9 Å². The van der Waals surface area contributed by atoms with Gasteiger partial charge in [-0.15, -0.1) is 0 Å². The fraction of sp³-hybridized carbons (Fsp3) is 0.296. The summed E-state index contributed by atoms with van der Waals surface area (Å²) in [5.41, 5.74) is 1.27. The quantitative estimate of drug-likeness (QED) is 0.392. The van der Waals surface area contributed by atoms with E-state index in [1.165, 1.54) is 30.9 Å². The summed E-state index contributed by atoms with van der Waals surface area (Å²) in [6.07, 6.45) is 0.683. The minimum Gasteiger partial charge on any atom is -0.495 e. The van der Waals surface area contributed by atoms with E-state index in [2.05, 4.69) is 31.3 Å². The van der Waals surface area contributed by atoms with Gasteiger partial charge in [0.05, 0.1) is 22.7 Å². The maximum Gasteiger partial charge on any atom is 0.264 e. The van der Waals surface area contributed by atoms with Crippen LogP contribution in [-0.4, -0.2) is 34.0 Å². The number of sulfonamides is 1. The lowest BCUT2D eigenvalue weighted by Gasteiger charge is -2.30. The van der Waals surface area contributed by atoms with Crippen molar-refractivity contribution in [1.29, 1.82) is 0 Å². The third-order valence-corrected chi connectivity index (χ3v) is 7.90. The van der Waals surface area contributed by atoms with E-state index in [1.807, 2.05) is 25.1 Å². The van der Waals surface area contributed by atoms with Gasteiger partial charge >= 0.3 is 0 Å². The van der Waals surface area contributed by atoms with Crippen LogP contribution < -0.4 is 14.4 Å². The van der Waals surface area contributed by atoms with Crippen LogP contribution in [0.5, 0.6) is 5.75 Å². The summed E-state index contributed by atoms with van der Waals surface area (Å²) < 4.78 is 33.3. The van der Waals surface area contributed by atoms with Gasteiger partial charge in [-0.2, -0.15) is 0 Å². The molecule has 186 valence electrons. The Labute approximate surface area is 212 Å². The van der Waals surface area contributed by atoms with Gasteiger partial charge in [0.2, 0.25) is 5.91 Å².